The molecule has 2 N–H and O–H groups in total. The third-order valence-electron chi connectivity index (χ3n) is 7.56. The number of anilines is 4. The van der Waals surface area contributed by atoms with Crippen LogP contribution in [-0.2, 0) is 20.1 Å². The van der Waals surface area contributed by atoms with Crippen LogP contribution in [0.15, 0.2) is 71.7 Å². The average molecular weight is 583 g/mol. The number of likely N-dealkylation sites (N-methyl/N-ethyl adjacent to an activating group) is 1. The predicted octanol–water partition coefficient (Wildman–Crippen LogP) is 3.89. The van der Waals surface area contributed by atoms with Crippen molar-refractivity contribution in [3.8, 4) is 17.0 Å². The second-order valence-electron chi connectivity index (χ2n) is 11.1. The quantitative estimate of drug-likeness (QED) is 0.290. The van der Waals surface area contributed by atoms with Crippen LogP contribution in [-0.4, -0.2) is 73.4 Å². The fourth-order valence-electron chi connectivity index (χ4n) is 5.15. The van der Waals surface area contributed by atoms with Gasteiger partial charge in [0.25, 0.3) is 11.5 Å². The van der Waals surface area contributed by atoms with Gasteiger partial charge < -0.3 is 34.4 Å². The number of aryl methyl sites for hydroxylation is 1. The molecule has 3 aromatic carbocycles. The minimum atomic E-state index is -0.301. The number of nitrogens with zero attached hydrogens (tertiary/aromatic N) is 5. The Morgan fingerprint density at radius 1 is 1.00 bits per heavy atom. The van der Waals surface area contributed by atoms with Crippen molar-refractivity contribution in [2.75, 3.05) is 63.0 Å². The minimum Gasteiger partial charge on any atom is -0.492 e. The number of fused-ring (bicyclic) bond motifs is 1. The van der Waals surface area contributed by atoms with Crippen molar-refractivity contribution in [2.45, 2.75) is 13.0 Å². The number of ether oxygens (including phenoxy) is 1. The zero-order valence-corrected chi connectivity index (χ0v) is 25.3. The topological polar surface area (TPSA) is 103 Å². The second kappa shape index (κ2) is 12.7. The summed E-state index contributed by atoms with van der Waals surface area (Å²) >= 11 is 0. The molecule has 0 aliphatic carbocycles. The number of hydrogen-bond acceptors (Lipinski definition) is 8. The normalized spacial score (nSPS) is 12.8. The Labute approximate surface area is 251 Å². The number of rotatable bonds is 10. The van der Waals surface area contributed by atoms with Crippen LogP contribution >= 0.6 is 0 Å². The van der Waals surface area contributed by atoms with Crippen LogP contribution in [0, 0.1) is 0 Å². The molecule has 0 bridgehead atoms. The zero-order chi connectivity index (χ0) is 30.7. The molecule has 1 aliphatic heterocycles. The molecule has 4 aromatic rings. The summed E-state index contributed by atoms with van der Waals surface area (Å²) in [5.41, 5.74) is 5.45. The highest BCUT2D eigenvalue weighted by atomic mass is 16.5. The second-order valence-corrected chi connectivity index (χ2v) is 11.1. The van der Waals surface area contributed by atoms with E-state index in [-0.39, 0.29) is 23.9 Å². The molecule has 10 heteroatoms. The van der Waals surface area contributed by atoms with E-state index in [9.17, 15) is 14.7 Å². The minimum absolute atomic E-state index is 0.108. The van der Waals surface area contributed by atoms with Crippen molar-refractivity contribution in [1.29, 1.82) is 0 Å². The Morgan fingerprint density at radius 2 is 1.77 bits per heavy atom. The van der Waals surface area contributed by atoms with Crippen molar-refractivity contribution in [1.82, 2.24) is 14.5 Å². The lowest BCUT2D eigenvalue weighted by Gasteiger charge is -2.31. The van der Waals surface area contributed by atoms with Gasteiger partial charge in [0.05, 0.1) is 18.0 Å². The number of carbonyl (C=O) groups is 1. The van der Waals surface area contributed by atoms with Gasteiger partial charge in [0.1, 0.15) is 12.4 Å². The van der Waals surface area contributed by atoms with Crippen LogP contribution in [0.4, 0.5) is 22.9 Å². The van der Waals surface area contributed by atoms with Crippen molar-refractivity contribution < 1.29 is 14.6 Å². The molecule has 0 spiro atoms. The van der Waals surface area contributed by atoms with Crippen molar-refractivity contribution in [2.24, 2.45) is 7.05 Å². The van der Waals surface area contributed by atoms with Crippen LogP contribution in [0.5, 0.6) is 5.75 Å². The molecule has 1 aliphatic rings. The van der Waals surface area contributed by atoms with Gasteiger partial charge >= 0.3 is 0 Å². The largest absolute Gasteiger partial charge is 0.492 e. The molecular formula is C33H38N6O4. The third kappa shape index (κ3) is 6.40. The summed E-state index contributed by atoms with van der Waals surface area (Å²) in [4.78, 5) is 37.1. The lowest BCUT2D eigenvalue weighted by Crippen LogP contribution is -2.38. The van der Waals surface area contributed by atoms with E-state index >= 15 is 0 Å². The number of benzene rings is 3. The molecule has 1 aromatic heterocycles. The van der Waals surface area contributed by atoms with Gasteiger partial charge in [0.15, 0.2) is 5.82 Å². The van der Waals surface area contributed by atoms with Gasteiger partial charge in [-0.2, -0.15) is 0 Å². The molecule has 0 radical (unpaired) electrons. The summed E-state index contributed by atoms with van der Waals surface area (Å²) in [5.74, 6) is 0.776. The fourth-order valence-corrected chi connectivity index (χ4v) is 5.15. The molecule has 0 atom stereocenters. The number of carbonyl (C=O) groups excluding carboxylic acids is 1. The van der Waals surface area contributed by atoms with Crippen molar-refractivity contribution in [3.63, 3.8) is 0 Å². The number of amides is 1. The summed E-state index contributed by atoms with van der Waals surface area (Å²) < 4.78 is 7.23. The van der Waals surface area contributed by atoms with Crippen LogP contribution in [0.25, 0.3) is 11.3 Å². The first kappa shape index (κ1) is 29.8. The molecule has 43 heavy (non-hydrogen) atoms. The van der Waals surface area contributed by atoms with E-state index in [2.05, 4.69) is 16.4 Å². The van der Waals surface area contributed by atoms with E-state index in [0.717, 1.165) is 23.5 Å². The number of nitrogens with one attached hydrogen (secondary N) is 1. The Hall–Kier alpha value is -4.67. The molecule has 1 amide bonds. The van der Waals surface area contributed by atoms with Crippen molar-refractivity contribution >= 4 is 28.8 Å². The molecule has 0 unspecified atom stereocenters. The van der Waals surface area contributed by atoms with Gasteiger partial charge in [-0.25, -0.2) is 4.98 Å². The molecular weight excluding hydrogens is 544 g/mol. The number of aliphatic hydroxyl groups is 1. The lowest BCUT2D eigenvalue weighted by molar-refractivity contribution is 0.0980. The van der Waals surface area contributed by atoms with E-state index < -0.39 is 0 Å². The van der Waals surface area contributed by atoms with E-state index in [1.165, 1.54) is 4.57 Å². The maximum Gasteiger partial charge on any atom is 0.293 e. The van der Waals surface area contributed by atoms with Gasteiger partial charge in [-0.3, -0.25) is 9.59 Å². The summed E-state index contributed by atoms with van der Waals surface area (Å²) in [5, 5.41) is 13.7. The van der Waals surface area contributed by atoms with Gasteiger partial charge in [0, 0.05) is 68.5 Å². The Balaban J connectivity index is 1.43. The van der Waals surface area contributed by atoms with Crippen molar-refractivity contribution in [3.05, 3.63) is 93.9 Å². The van der Waals surface area contributed by atoms with E-state index in [0.29, 0.717) is 53.3 Å². The SMILES string of the molecule is CN(C)CCOc1ccc(Nc2nc(-c3cccc(N4CCc5cc(N(C)C)ccc5C4=O)c3CO)cn(C)c2=O)cc1. The summed E-state index contributed by atoms with van der Waals surface area (Å²) in [6.45, 7) is 1.56. The maximum atomic E-state index is 13.6. The number of hydrogen-bond donors (Lipinski definition) is 2. The smallest absolute Gasteiger partial charge is 0.293 e. The first-order chi connectivity index (χ1) is 20.7. The van der Waals surface area contributed by atoms with Gasteiger partial charge in [0.2, 0.25) is 0 Å². The fraction of sp³-hybridized carbons (Fsp3) is 0.303. The van der Waals surface area contributed by atoms with E-state index in [1.54, 1.807) is 18.1 Å². The van der Waals surface area contributed by atoms with Gasteiger partial charge in [-0.05, 0) is 74.6 Å². The van der Waals surface area contributed by atoms with E-state index in [1.807, 2.05) is 92.6 Å². The average Bonchev–Trinajstić information content (AvgIpc) is 2.99. The molecule has 10 nitrogen and oxygen atoms in total. The highest BCUT2D eigenvalue weighted by Crippen LogP contribution is 2.34. The first-order valence-corrected chi connectivity index (χ1v) is 14.2. The Kier molecular flexibility index (Phi) is 8.79. The predicted molar refractivity (Wildman–Crippen MR) is 171 cm³/mol. The summed E-state index contributed by atoms with van der Waals surface area (Å²) in [7, 11) is 9.60. The van der Waals surface area contributed by atoms with Crippen LogP contribution in [0.1, 0.15) is 21.5 Å². The molecule has 5 rings (SSSR count). The maximum absolute atomic E-state index is 13.6. The van der Waals surface area contributed by atoms with Crippen LogP contribution in [0.2, 0.25) is 0 Å². The van der Waals surface area contributed by atoms with Crippen LogP contribution in [0.3, 0.4) is 0 Å². The standard InChI is InChI=1S/C33H38N6O4/c1-36(2)17-18-43-25-12-9-23(10-13-25)34-31-33(42)38(5)20-29(35-31)27-7-6-8-30(28(27)21-40)39-16-15-22-19-24(37(3)4)11-14-26(22)32(39)41/h6-14,19-20,40H,15-18,21H2,1-5H3,(H,34,35). The molecule has 0 saturated heterocycles. The number of aromatic nitrogens is 2. The summed E-state index contributed by atoms with van der Waals surface area (Å²) in [6.07, 6.45) is 2.34. The molecule has 0 saturated carbocycles. The highest BCUT2D eigenvalue weighted by molar-refractivity contribution is 6.09. The molecule has 224 valence electrons. The van der Waals surface area contributed by atoms with E-state index in [4.69, 9.17) is 4.74 Å². The van der Waals surface area contributed by atoms with Gasteiger partial charge in [-0.1, -0.05) is 12.1 Å². The first-order valence-electron chi connectivity index (χ1n) is 14.2. The molecule has 2 heterocycles. The monoisotopic (exact) mass is 582 g/mol. The highest BCUT2D eigenvalue weighted by Gasteiger charge is 2.28. The molecule has 0 fully saturated rings. The Bertz CT molecular complexity index is 1680. The summed E-state index contributed by atoms with van der Waals surface area (Å²) in [6, 6.07) is 18.8. The zero-order valence-electron chi connectivity index (χ0n) is 25.3. The third-order valence-corrected chi connectivity index (χ3v) is 7.56. The lowest BCUT2D eigenvalue weighted by atomic mass is 9.95. The van der Waals surface area contributed by atoms with Crippen LogP contribution < -0.4 is 25.4 Å². The number of aliphatic hydroxyl groups excluding tert-OH is 1. The van der Waals surface area contributed by atoms with Gasteiger partial charge in [-0.15, -0.1) is 0 Å². The Morgan fingerprint density at radius 3 is 2.47 bits per heavy atom.